The summed E-state index contributed by atoms with van der Waals surface area (Å²) in [5.41, 5.74) is 1.12. The van der Waals surface area contributed by atoms with Gasteiger partial charge in [0.15, 0.2) is 17.5 Å². The van der Waals surface area contributed by atoms with Crippen LogP contribution >= 0.6 is 0 Å². The molecule has 0 unspecified atom stereocenters. The minimum atomic E-state index is -2.62. The van der Waals surface area contributed by atoms with Crippen molar-refractivity contribution in [2.45, 2.75) is 50.6 Å². The van der Waals surface area contributed by atoms with Crippen LogP contribution in [-0.4, -0.2) is 43.3 Å². The number of rotatable bonds is 8. The van der Waals surface area contributed by atoms with Gasteiger partial charge in [0.25, 0.3) is 0 Å². The molecule has 0 atom stereocenters. The minimum Gasteiger partial charge on any atom is -0.493 e. The highest BCUT2D eigenvalue weighted by atomic mass is 19.3. The summed E-state index contributed by atoms with van der Waals surface area (Å²) >= 11 is 0. The summed E-state index contributed by atoms with van der Waals surface area (Å²) < 4.78 is 37.8. The van der Waals surface area contributed by atoms with Crippen molar-refractivity contribution in [2.75, 3.05) is 27.8 Å². The number of hydrogen-bond acceptors (Lipinski definition) is 4. The van der Waals surface area contributed by atoms with Crippen molar-refractivity contribution in [2.24, 2.45) is 4.99 Å². The minimum absolute atomic E-state index is 0.0726. The van der Waals surface area contributed by atoms with Gasteiger partial charge in [-0.25, -0.2) is 4.98 Å². The van der Waals surface area contributed by atoms with Crippen LogP contribution in [0.15, 0.2) is 35.6 Å². The molecule has 1 saturated carbocycles. The molecule has 3 rings (SSSR count). The zero-order chi connectivity index (χ0) is 22.3. The third-order valence-electron chi connectivity index (χ3n) is 6.00. The normalized spacial score (nSPS) is 16.3. The van der Waals surface area contributed by atoms with Gasteiger partial charge in [-0.05, 0) is 30.5 Å². The van der Waals surface area contributed by atoms with Crippen LogP contribution in [0, 0.1) is 0 Å². The van der Waals surface area contributed by atoms with Gasteiger partial charge in [0, 0.05) is 31.4 Å². The molecule has 0 saturated heterocycles. The molecule has 2 N–H and O–H groups in total. The van der Waals surface area contributed by atoms with Crippen molar-refractivity contribution < 1.29 is 18.3 Å². The second-order valence-corrected chi connectivity index (χ2v) is 7.72. The fraction of sp³-hybridized carbons (Fsp3) is 0.545. The van der Waals surface area contributed by atoms with E-state index in [1.54, 1.807) is 21.3 Å². The molecule has 1 aromatic carbocycles. The van der Waals surface area contributed by atoms with Crippen molar-refractivity contribution in [3.8, 4) is 11.5 Å². The monoisotopic (exact) mass is 435 g/mol. The SMILES string of the molecule is CN=C(NCc1nccn1C(F)F)NCC1(c2ccc(OC)c(OC)c2)CCCCC1. The maximum Gasteiger partial charge on any atom is 0.319 e. The van der Waals surface area contributed by atoms with Crippen LogP contribution in [0.25, 0.3) is 0 Å². The smallest absolute Gasteiger partial charge is 0.319 e. The molecule has 2 aromatic rings. The number of methoxy groups -OCH3 is 2. The van der Waals surface area contributed by atoms with E-state index in [0.29, 0.717) is 24.0 Å². The van der Waals surface area contributed by atoms with E-state index in [1.807, 2.05) is 6.07 Å². The van der Waals surface area contributed by atoms with Crippen molar-refractivity contribution in [3.05, 3.63) is 42.0 Å². The molecule has 31 heavy (non-hydrogen) atoms. The van der Waals surface area contributed by atoms with Gasteiger partial charge in [-0.1, -0.05) is 25.3 Å². The molecular formula is C22H31F2N5O2. The van der Waals surface area contributed by atoms with Crippen molar-refractivity contribution >= 4 is 5.96 Å². The summed E-state index contributed by atoms with van der Waals surface area (Å²) in [5.74, 6) is 2.22. The first-order valence-corrected chi connectivity index (χ1v) is 10.5. The molecular weight excluding hydrogens is 404 g/mol. The Bertz CT molecular complexity index is 879. The van der Waals surface area contributed by atoms with Crippen LogP contribution in [0.2, 0.25) is 0 Å². The Morgan fingerprint density at radius 1 is 1.16 bits per heavy atom. The van der Waals surface area contributed by atoms with E-state index in [0.717, 1.165) is 30.3 Å². The average molecular weight is 436 g/mol. The number of benzene rings is 1. The van der Waals surface area contributed by atoms with E-state index in [4.69, 9.17) is 9.47 Å². The van der Waals surface area contributed by atoms with Crippen LogP contribution in [0.3, 0.4) is 0 Å². The molecule has 1 fully saturated rings. The number of guanidine groups is 1. The zero-order valence-corrected chi connectivity index (χ0v) is 18.3. The van der Waals surface area contributed by atoms with Gasteiger partial charge >= 0.3 is 6.55 Å². The number of ether oxygens (including phenoxy) is 2. The Hall–Kier alpha value is -2.84. The summed E-state index contributed by atoms with van der Waals surface area (Å²) in [7, 11) is 4.94. The number of hydrogen-bond donors (Lipinski definition) is 2. The quantitative estimate of drug-likeness (QED) is 0.487. The zero-order valence-electron chi connectivity index (χ0n) is 18.3. The van der Waals surface area contributed by atoms with Gasteiger partial charge in [-0.15, -0.1) is 0 Å². The molecule has 0 spiro atoms. The molecule has 1 aliphatic carbocycles. The lowest BCUT2D eigenvalue weighted by atomic mass is 9.69. The van der Waals surface area contributed by atoms with Crippen LogP contribution < -0.4 is 20.1 Å². The summed E-state index contributed by atoms with van der Waals surface area (Å²) in [5, 5.41) is 6.49. The summed E-state index contributed by atoms with van der Waals surface area (Å²) in [4.78, 5) is 8.26. The first kappa shape index (κ1) is 22.8. The fourth-order valence-electron chi connectivity index (χ4n) is 4.26. The lowest BCUT2D eigenvalue weighted by Gasteiger charge is -2.38. The molecule has 9 heteroatoms. The molecule has 1 aliphatic rings. The fourth-order valence-corrected chi connectivity index (χ4v) is 4.26. The van der Waals surface area contributed by atoms with Crippen LogP contribution in [0.4, 0.5) is 8.78 Å². The molecule has 0 radical (unpaired) electrons. The van der Waals surface area contributed by atoms with E-state index < -0.39 is 6.55 Å². The van der Waals surface area contributed by atoms with E-state index >= 15 is 0 Å². The van der Waals surface area contributed by atoms with E-state index in [9.17, 15) is 8.78 Å². The number of nitrogens with one attached hydrogen (secondary N) is 2. The highest BCUT2D eigenvalue weighted by Crippen LogP contribution is 2.42. The number of aliphatic imine (C=N–C) groups is 1. The van der Waals surface area contributed by atoms with E-state index in [1.165, 1.54) is 24.4 Å². The summed E-state index contributed by atoms with van der Waals surface area (Å²) in [6.45, 7) is -1.80. The molecule has 7 nitrogen and oxygen atoms in total. The van der Waals surface area contributed by atoms with Crippen molar-refractivity contribution in [3.63, 3.8) is 0 Å². The first-order valence-electron chi connectivity index (χ1n) is 10.5. The second-order valence-electron chi connectivity index (χ2n) is 7.72. The molecule has 0 bridgehead atoms. The number of nitrogens with zero attached hydrogens (tertiary/aromatic N) is 3. The Morgan fingerprint density at radius 2 is 1.90 bits per heavy atom. The van der Waals surface area contributed by atoms with Crippen LogP contribution in [0.1, 0.15) is 50.0 Å². The number of halogens is 2. The van der Waals surface area contributed by atoms with Gasteiger partial charge < -0.3 is 20.1 Å². The molecule has 1 aromatic heterocycles. The first-order chi connectivity index (χ1) is 15.0. The van der Waals surface area contributed by atoms with Crippen molar-refractivity contribution in [1.82, 2.24) is 20.2 Å². The third-order valence-corrected chi connectivity index (χ3v) is 6.00. The molecule has 170 valence electrons. The molecule has 0 amide bonds. The molecule has 0 aliphatic heterocycles. The number of aromatic nitrogens is 2. The highest BCUT2D eigenvalue weighted by Gasteiger charge is 2.34. The molecule has 1 heterocycles. The lowest BCUT2D eigenvalue weighted by Crippen LogP contribution is -2.46. The van der Waals surface area contributed by atoms with Gasteiger partial charge in [0.2, 0.25) is 0 Å². The van der Waals surface area contributed by atoms with Crippen LogP contribution in [-0.2, 0) is 12.0 Å². The van der Waals surface area contributed by atoms with Gasteiger partial charge in [-0.2, -0.15) is 8.78 Å². The Labute approximate surface area is 181 Å². The topological polar surface area (TPSA) is 72.7 Å². The van der Waals surface area contributed by atoms with E-state index in [2.05, 4.69) is 32.7 Å². The summed E-state index contributed by atoms with van der Waals surface area (Å²) in [6.07, 6.45) is 8.24. The third kappa shape index (κ3) is 5.26. The highest BCUT2D eigenvalue weighted by molar-refractivity contribution is 5.79. The van der Waals surface area contributed by atoms with E-state index in [-0.39, 0.29) is 17.8 Å². The number of imidazole rings is 1. The Morgan fingerprint density at radius 3 is 2.55 bits per heavy atom. The van der Waals surface area contributed by atoms with Gasteiger partial charge in [0.1, 0.15) is 5.82 Å². The maximum atomic E-state index is 13.0. The number of alkyl halides is 2. The average Bonchev–Trinajstić information content (AvgIpc) is 3.28. The Kier molecular flexibility index (Phi) is 7.70. The standard InChI is InChI=1S/C22H31F2N5O2/c1-25-21(27-14-19-26-11-12-29(19)20(23)24)28-15-22(9-5-4-6-10-22)16-7-8-17(30-2)18(13-16)31-3/h7-8,11-13,20H,4-6,9-10,14-15H2,1-3H3,(H2,25,27,28). The second kappa shape index (κ2) is 10.5. The lowest BCUT2D eigenvalue weighted by molar-refractivity contribution is 0.0668. The predicted molar refractivity (Wildman–Crippen MR) is 116 cm³/mol. The predicted octanol–water partition coefficient (Wildman–Crippen LogP) is 3.86. The van der Waals surface area contributed by atoms with Crippen molar-refractivity contribution in [1.29, 1.82) is 0 Å². The summed E-state index contributed by atoms with van der Waals surface area (Å²) in [6, 6.07) is 6.10. The van der Waals surface area contributed by atoms with Gasteiger partial charge in [0.05, 0.1) is 20.8 Å². The largest absolute Gasteiger partial charge is 0.493 e. The van der Waals surface area contributed by atoms with Crippen LogP contribution in [0.5, 0.6) is 11.5 Å². The van der Waals surface area contributed by atoms with Gasteiger partial charge in [-0.3, -0.25) is 9.56 Å². The Balaban J connectivity index is 1.72. The maximum absolute atomic E-state index is 13.0.